The maximum Gasteiger partial charge on any atom is 0.255 e. The summed E-state index contributed by atoms with van der Waals surface area (Å²) < 4.78 is 0. The predicted octanol–water partition coefficient (Wildman–Crippen LogP) is 4.74. The number of amides is 1. The van der Waals surface area contributed by atoms with Gasteiger partial charge in [-0.25, -0.2) is 0 Å². The SMILES string of the molecule is O=C(c1ccccc1Cl)N1CCC2(CC1)CN(CC1CC1)Cc1ccccc12. The lowest BCUT2D eigenvalue weighted by Crippen LogP contribution is -2.53. The molecular weight excluding hydrogens is 368 g/mol. The Hall–Kier alpha value is -1.84. The van der Waals surface area contributed by atoms with Gasteiger partial charge in [0.15, 0.2) is 0 Å². The average molecular weight is 395 g/mol. The van der Waals surface area contributed by atoms with Gasteiger partial charge in [-0.2, -0.15) is 0 Å². The lowest BCUT2D eigenvalue weighted by atomic mass is 9.68. The van der Waals surface area contributed by atoms with Crippen molar-refractivity contribution in [3.05, 3.63) is 70.2 Å². The first-order valence-electron chi connectivity index (χ1n) is 10.5. The molecule has 146 valence electrons. The van der Waals surface area contributed by atoms with Crippen LogP contribution in [0, 0.1) is 5.92 Å². The molecule has 3 nitrogen and oxygen atoms in total. The molecule has 2 aromatic rings. The highest BCUT2D eigenvalue weighted by Crippen LogP contribution is 2.43. The highest BCUT2D eigenvalue weighted by molar-refractivity contribution is 6.33. The number of hydrogen-bond donors (Lipinski definition) is 0. The number of hydrogen-bond acceptors (Lipinski definition) is 2. The van der Waals surface area contributed by atoms with Gasteiger partial charge in [-0.3, -0.25) is 9.69 Å². The number of carbonyl (C=O) groups is 1. The zero-order chi connectivity index (χ0) is 19.1. The topological polar surface area (TPSA) is 23.6 Å². The summed E-state index contributed by atoms with van der Waals surface area (Å²) in [6.07, 6.45) is 4.85. The van der Waals surface area contributed by atoms with Crippen molar-refractivity contribution < 1.29 is 4.79 Å². The standard InChI is InChI=1S/C24H27ClN2O/c25-22-8-4-2-6-20(22)23(28)27-13-11-24(12-14-27)17-26(15-18-9-10-18)16-19-5-1-3-7-21(19)24/h1-8,18H,9-17H2. The normalized spacial score (nSPS) is 21.5. The smallest absolute Gasteiger partial charge is 0.255 e. The van der Waals surface area contributed by atoms with E-state index in [0.29, 0.717) is 10.6 Å². The molecular formula is C24H27ClN2O. The number of fused-ring (bicyclic) bond motifs is 2. The van der Waals surface area contributed by atoms with Gasteiger partial charge < -0.3 is 4.90 Å². The van der Waals surface area contributed by atoms with Gasteiger partial charge in [0, 0.05) is 38.1 Å². The first-order chi connectivity index (χ1) is 13.6. The molecule has 28 heavy (non-hydrogen) atoms. The number of carbonyl (C=O) groups excluding carboxylic acids is 1. The third-order valence-corrected chi connectivity index (χ3v) is 7.16. The summed E-state index contributed by atoms with van der Waals surface area (Å²) in [6, 6.07) is 16.4. The largest absolute Gasteiger partial charge is 0.339 e. The maximum absolute atomic E-state index is 13.0. The molecule has 2 heterocycles. The van der Waals surface area contributed by atoms with E-state index in [-0.39, 0.29) is 11.3 Å². The Balaban J connectivity index is 1.36. The Morgan fingerprint density at radius 2 is 1.75 bits per heavy atom. The predicted molar refractivity (Wildman–Crippen MR) is 113 cm³/mol. The second kappa shape index (κ2) is 7.20. The van der Waals surface area contributed by atoms with Gasteiger partial charge in [-0.1, -0.05) is 48.0 Å². The first-order valence-corrected chi connectivity index (χ1v) is 10.9. The number of rotatable bonds is 3. The molecule has 5 rings (SSSR count). The van der Waals surface area contributed by atoms with Crippen LogP contribution < -0.4 is 0 Å². The zero-order valence-electron chi connectivity index (χ0n) is 16.2. The van der Waals surface area contributed by atoms with Crippen molar-refractivity contribution in [2.75, 3.05) is 26.2 Å². The van der Waals surface area contributed by atoms with E-state index in [0.717, 1.165) is 44.9 Å². The highest BCUT2D eigenvalue weighted by atomic mass is 35.5. The average Bonchev–Trinajstić information content (AvgIpc) is 3.53. The molecule has 0 N–H and O–H groups in total. The molecule has 4 heteroatoms. The molecule has 0 radical (unpaired) electrons. The van der Waals surface area contributed by atoms with E-state index >= 15 is 0 Å². The molecule has 0 aromatic heterocycles. The molecule has 1 saturated heterocycles. The van der Waals surface area contributed by atoms with E-state index in [4.69, 9.17) is 11.6 Å². The summed E-state index contributed by atoms with van der Waals surface area (Å²) in [5, 5.41) is 0.548. The van der Waals surface area contributed by atoms with Crippen molar-refractivity contribution >= 4 is 17.5 Å². The fourth-order valence-electron chi connectivity index (χ4n) is 5.15. The number of benzene rings is 2. The number of nitrogens with zero attached hydrogens (tertiary/aromatic N) is 2. The van der Waals surface area contributed by atoms with Crippen molar-refractivity contribution in [2.24, 2.45) is 5.92 Å². The second-order valence-corrected chi connectivity index (χ2v) is 9.23. The van der Waals surface area contributed by atoms with Crippen LogP contribution in [0.25, 0.3) is 0 Å². The third kappa shape index (κ3) is 3.35. The molecule has 1 saturated carbocycles. The lowest BCUT2D eigenvalue weighted by Gasteiger charge is -2.49. The summed E-state index contributed by atoms with van der Waals surface area (Å²) in [7, 11) is 0. The Morgan fingerprint density at radius 3 is 2.50 bits per heavy atom. The fraction of sp³-hybridized carbons (Fsp3) is 0.458. The van der Waals surface area contributed by atoms with Crippen LogP contribution in [0.2, 0.25) is 5.02 Å². The molecule has 0 atom stereocenters. The van der Waals surface area contributed by atoms with Crippen molar-refractivity contribution in [1.29, 1.82) is 0 Å². The second-order valence-electron chi connectivity index (χ2n) is 8.82. The molecule has 2 aliphatic heterocycles. The maximum atomic E-state index is 13.0. The molecule has 0 unspecified atom stereocenters. The molecule has 2 fully saturated rings. The first kappa shape index (κ1) is 18.2. The van der Waals surface area contributed by atoms with Crippen molar-refractivity contribution in [2.45, 2.75) is 37.6 Å². The molecule has 0 bridgehead atoms. The van der Waals surface area contributed by atoms with Gasteiger partial charge in [0.05, 0.1) is 10.6 Å². The van der Waals surface area contributed by atoms with Crippen LogP contribution in [-0.2, 0) is 12.0 Å². The Labute approximate surface area is 172 Å². The van der Waals surface area contributed by atoms with Gasteiger partial charge in [0.1, 0.15) is 0 Å². The summed E-state index contributed by atoms with van der Waals surface area (Å²) in [6.45, 7) is 5.05. The zero-order valence-corrected chi connectivity index (χ0v) is 17.0. The van der Waals surface area contributed by atoms with Crippen LogP contribution in [0.1, 0.15) is 47.2 Å². The van der Waals surface area contributed by atoms with Gasteiger partial charge >= 0.3 is 0 Å². The summed E-state index contributed by atoms with van der Waals surface area (Å²) in [4.78, 5) is 17.7. The fourth-order valence-corrected chi connectivity index (χ4v) is 5.37. The van der Waals surface area contributed by atoms with Crippen molar-refractivity contribution in [1.82, 2.24) is 9.80 Å². The van der Waals surface area contributed by atoms with Crippen molar-refractivity contribution in [3.8, 4) is 0 Å². The van der Waals surface area contributed by atoms with Gasteiger partial charge in [0.2, 0.25) is 0 Å². The quantitative estimate of drug-likeness (QED) is 0.750. The summed E-state index contributed by atoms with van der Waals surface area (Å²) >= 11 is 6.27. The minimum Gasteiger partial charge on any atom is -0.339 e. The summed E-state index contributed by atoms with van der Waals surface area (Å²) in [5.74, 6) is 0.976. The van der Waals surface area contributed by atoms with Gasteiger partial charge in [-0.05, 0) is 54.9 Å². The molecule has 1 spiro atoms. The highest BCUT2D eigenvalue weighted by Gasteiger charge is 2.43. The minimum absolute atomic E-state index is 0.0689. The van der Waals surface area contributed by atoms with E-state index in [2.05, 4.69) is 29.2 Å². The Bertz CT molecular complexity index is 884. The van der Waals surface area contributed by atoms with Crippen LogP contribution in [-0.4, -0.2) is 41.9 Å². The van der Waals surface area contributed by atoms with E-state index in [1.807, 2.05) is 23.1 Å². The van der Waals surface area contributed by atoms with E-state index in [9.17, 15) is 4.79 Å². The van der Waals surface area contributed by atoms with E-state index < -0.39 is 0 Å². The van der Waals surface area contributed by atoms with Gasteiger partial charge in [0.25, 0.3) is 5.91 Å². The Kier molecular flexibility index (Phi) is 4.68. The number of piperidine rings is 1. The van der Waals surface area contributed by atoms with Crippen LogP contribution in [0.3, 0.4) is 0 Å². The minimum atomic E-state index is 0.0689. The van der Waals surface area contributed by atoms with Gasteiger partial charge in [-0.15, -0.1) is 0 Å². The van der Waals surface area contributed by atoms with E-state index in [1.165, 1.54) is 30.5 Å². The van der Waals surface area contributed by atoms with Crippen LogP contribution >= 0.6 is 11.6 Å². The Morgan fingerprint density at radius 1 is 1.04 bits per heavy atom. The van der Waals surface area contributed by atoms with Crippen LogP contribution in [0.5, 0.6) is 0 Å². The third-order valence-electron chi connectivity index (χ3n) is 6.83. The van der Waals surface area contributed by atoms with Crippen LogP contribution in [0.15, 0.2) is 48.5 Å². The number of halogens is 1. The molecule has 1 amide bonds. The summed E-state index contributed by atoms with van der Waals surface area (Å²) in [5.41, 5.74) is 3.81. The monoisotopic (exact) mass is 394 g/mol. The lowest BCUT2D eigenvalue weighted by molar-refractivity contribution is 0.0590. The molecule has 3 aliphatic rings. The van der Waals surface area contributed by atoms with Crippen LogP contribution in [0.4, 0.5) is 0 Å². The molecule has 2 aromatic carbocycles. The number of likely N-dealkylation sites (tertiary alicyclic amines) is 1. The molecule has 1 aliphatic carbocycles. The van der Waals surface area contributed by atoms with E-state index in [1.54, 1.807) is 6.07 Å². The van der Waals surface area contributed by atoms with Crippen molar-refractivity contribution in [3.63, 3.8) is 0 Å².